The van der Waals surface area contributed by atoms with Gasteiger partial charge in [-0.2, -0.15) is 22.5 Å². The first-order valence-electron chi connectivity index (χ1n) is 4.39. The van der Waals surface area contributed by atoms with Gasteiger partial charge in [0.05, 0.1) is 0 Å². The molecule has 86 valence electrons. The largest absolute Gasteiger partial charge is 0.452 e. The monoisotopic (exact) mass is 240 g/mol. The quantitative estimate of drug-likeness (QED) is 0.769. The molecule has 15 heavy (non-hydrogen) atoms. The molecule has 0 aromatic carbocycles. The molecule has 0 radical (unpaired) electrons. The van der Waals surface area contributed by atoms with Crippen LogP contribution in [0.1, 0.15) is 18.7 Å². The Morgan fingerprint density at radius 1 is 1.33 bits per heavy atom. The first kappa shape index (κ1) is 12.2. The summed E-state index contributed by atoms with van der Waals surface area (Å²) >= 11 is 0.711. The third-order valence-electron chi connectivity index (χ3n) is 1.59. The highest BCUT2D eigenvalue weighted by Crippen LogP contribution is 2.28. The smallest absolute Gasteiger partial charge is 0.360 e. The predicted octanol–water partition coefficient (Wildman–Crippen LogP) is 1.71. The maximum absolute atomic E-state index is 12.1. The topological polar surface area (TPSA) is 63.8 Å². The lowest BCUT2D eigenvalue weighted by atomic mass is 10.3. The fraction of sp³-hybridized carbons (Fsp3) is 0.714. The Bertz CT molecular complexity index is 299. The van der Waals surface area contributed by atoms with E-state index in [0.29, 0.717) is 24.6 Å². The van der Waals surface area contributed by atoms with E-state index in [1.165, 1.54) is 0 Å². The van der Waals surface area contributed by atoms with Crippen LogP contribution in [0.2, 0.25) is 0 Å². The van der Waals surface area contributed by atoms with Crippen LogP contribution >= 0.6 is 11.5 Å². The summed E-state index contributed by atoms with van der Waals surface area (Å²) in [7, 11) is 0. The Morgan fingerprint density at radius 2 is 2.07 bits per heavy atom. The number of hydrogen-bond donors (Lipinski definition) is 2. The van der Waals surface area contributed by atoms with E-state index < -0.39 is 12.0 Å². The molecule has 0 spiro atoms. The number of hydrogen-bond acceptors (Lipinski definition) is 5. The zero-order valence-electron chi connectivity index (χ0n) is 7.84. The molecule has 3 N–H and O–H groups in total. The van der Waals surface area contributed by atoms with Crippen LogP contribution in [0.4, 0.5) is 18.3 Å². The number of aromatic nitrogens is 2. The van der Waals surface area contributed by atoms with Crippen molar-refractivity contribution in [3.63, 3.8) is 0 Å². The molecule has 0 unspecified atom stereocenters. The van der Waals surface area contributed by atoms with Gasteiger partial charge in [-0.1, -0.05) is 0 Å². The molecule has 1 heterocycles. The zero-order valence-corrected chi connectivity index (χ0v) is 8.66. The SMILES string of the molecule is NCCCCNc1nc(C(F)(F)F)ns1. The van der Waals surface area contributed by atoms with Crippen molar-refractivity contribution in [1.82, 2.24) is 9.36 Å². The van der Waals surface area contributed by atoms with E-state index in [4.69, 9.17) is 5.73 Å². The molecule has 0 aliphatic rings. The minimum absolute atomic E-state index is 0.194. The molecule has 0 aliphatic carbocycles. The minimum Gasteiger partial charge on any atom is -0.360 e. The van der Waals surface area contributed by atoms with Crippen molar-refractivity contribution in [1.29, 1.82) is 0 Å². The summed E-state index contributed by atoms with van der Waals surface area (Å²) in [6.07, 6.45) is -2.83. The summed E-state index contributed by atoms with van der Waals surface area (Å²) in [6.45, 7) is 1.13. The number of unbranched alkanes of at least 4 members (excludes halogenated alkanes) is 1. The standard InChI is InChI=1S/C7H11F3N4S/c8-7(9,10)5-13-6(15-14-5)12-4-2-1-3-11/h1-4,11H2,(H,12,13,14). The maximum Gasteiger partial charge on any atom is 0.452 e. The average molecular weight is 240 g/mol. The molecular formula is C7H11F3N4S. The molecule has 8 heteroatoms. The fourth-order valence-electron chi connectivity index (χ4n) is 0.875. The first-order chi connectivity index (χ1) is 7.04. The highest BCUT2D eigenvalue weighted by molar-refractivity contribution is 7.09. The van der Waals surface area contributed by atoms with Crippen molar-refractivity contribution in [2.45, 2.75) is 19.0 Å². The Kier molecular flexibility index (Phi) is 4.28. The van der Waals surface area contributed by atoms with Crippen molar-refractivity contribution < 1.29 is 13.2 Å². The van der Waals surface area contributed by atoms with Gasteiger partial charge in [0.1, 0.15) is 0 Å². The molecule has 0 saturated heterocycles. The van der Waals surface area contributed by atoms with Gasteiger partial charge in [0, 0.05) is 18.1 Å². The highest BCUT2D eigenvalue weighted by atomic mass is 32.1. The van der Waals surface area contributed by atoms with E-state index in [9.17, 15) is 13.2 Å². The van der Waals surface area contributed by atoms with Crippen LogP contribution in [0.5, 0.6) is 0 Å². The van der Waals surface area contributed by atoms with Crippen LogP contribution in [-0.2, 0) is 6.18 Å². The molecule has 0 amide bonds. The van der Waals surface area contributed by atoms with Crippen LogP contribution in [0.15, 0.2) is 0 Å². The van der Waals surface area contributed by atoms with Crippen molar-refractivity contribution in [2.24, 2.45) is 5.73 Å². The van der Waals surface area contributed by atoms with Crippen LogP contribution < -0.4 is 11.1 Å². The lowest BCUT2D eigenvalue weighted by Crippen LogP contribution is -2.08. The minimum atomic E-state index is -4.46. The third-order valence-corrected chi connectivity index (χ3v) is 2.26. The van der Waals surface area contributed by atoms with Crippen molar-refractivity contribution >= 4 is 16.7 Å². The Morgan fingerprint density at radius 3 is 2.60 bits per heavy atom. The van der Waals surface area contributed by atoms with E-state index in [1.54, 1.807) is 0 Å². The first-order valence-corrected chi connectivity index (χ1v) is 5.16. The molecule has 0 aliphatic heterocycles. The third kappa shape index (κ3) is 4.00. The van der Waals surface area contributed by atoms with E-state index >= 15 is 0 Å². The predicted molar refractivity (Wildman–Crippen MR) is 51.7 cm³/mol. The summed E-state index contributed by atoms with van der Waals surface area (Å²) in [6, 6.07) is 0. The number of halogens is 3. The Balaban J connectivity index is 2.40. The zero-order chi connectivity index (χ0) is 11.3. The molecule has 1 rings (SSSR count). The summed E-state index contributed by atoms with van der Waals surface area (Å²) in [4.78, 5) is 3.32. The number of rotatable bonds is 5. The summed E-state index contributed by atoms with van der Waals surface area (Å²) < 4.78 is 39.4. The second-order valence-corrected chi connectivity index (χ2v) is 3.60. The highest BCUT2D eigenvalue weighted by Gasteiger charge is 2.35. The van der Waals surface area contributed by atoms with Gasteiger partial charge in [-0.05, 0) is 19.4 Å². The van der Waals surface area contributed by atoms with Gasteiger partial charge in [-0.15, -0.1) is 0 Å². The number of alkyl halides is 3. The van der Waals surface area contributed by atoms with Crippen LogP contribution in [0, 0.1) is 0 Å². The second-order valence-electron chi connectivity index (χ2n) is 2.84. The normalized spacial score (nSPS) is 11.7. The molecule has 1 aromatic rings. The van der Waals surface area contributed by atoms with Crippen LogP contribution in [-0.4, -0.2) is 22.4 Å². The summed E-state index contributed by atoms with van der Waals surface area (Å²) in [5.74, 6) is -1.09. The van der Waals surface area contributed by atoms with E-state index in [2.05, 4.69) is 14.7 Å². The number of nitrogens with two attached hydrogens (primary N) is 1. The van der Waals surface area contributed by atoms with Crippen LogP contribution in [0.25, 0.3) is 0 Å². The van der Waals surface area contributed by atoms with Gasteiger partial charge < -0.3 is 11.1 Å². The van der Waals surface area contributed by atoms with Gasteiger partial charge in [-0.3, -0.25) is 0 Å². The number of nitrogens with one attached hydrogen (secondary N) is 1. The van der Waals surface area contributed by atoms with Crippen LogP contribution in [0.3, 0.4) is 0 Å². The van der Waals surface area contributed by atoms with Gasteiger partial charge in [0.25, 0.3) is 0 Å². The van der Waals surface area contributed by atoms with E-state index in [-0.39, 0.29) is 5.13 Å². The Hall–Kier alpha value is -0.890. The second kappa shape index (κ2) is 5.26. The molecule has 4 nitrogen and oxygen atoms in total. The molecular weight excluding hydrogens is 229 g/mol. The molecule has 0 atom stereocenters. The molecule has 0 bridgehead atoms. The fourth-order valence-corrected chi connectivity index (χ4v) is 1.49. The van der Waals surface area contributed by atoms with Gasteiger partial charge in [-0.25, -0.2) is 0 Å². The lowest BCUT2D eigenvalue weighted by Gasteiger charge is -2.00. The van der Waals surface area contributed by atoms with E-state index in [1.807, 2.05) is 0 Å². The molecule has 0 fully saturated rings. The number of anilines is 1. The number of nitrogens with zero attached hydrogens (tertiary/aromatic N) is 2. The van der Waals surface area contributed by atoms with Gasteiger partial charge in [0.15, 0.2) is 0 Å². The molecule has 0 saturated carbocycles. The van der Waals surface area contributed by atoms with Crippen molar-refractivity contribution in [3.05, 3.63) is 5.82 Å². The van der Waals surface area contributed by atoms with Gasteiger partial charge >= 0.3 is 6.18 Å². The van der Waals surface area contributed by atoms with Gasteiger partial charge in [0.2, 0.25) is 11.0 Å². The van der Waals surface area contributed by atoms with Crippen molar-refractivity contribution in [2.75, 3.05) is 18.4 Å². The lowest BCUT2D eigenvalue weighted by molar-refractivity contribution is -0.144. The van der Waals surface area contributed by atoms with Crippen molar-refractivity contribution in [3.8, 4) is 0 Å². The molecule has 1 aromatic heterocycles. The average Bonchev–Trinajstić information content (AvgIpc) is 2.60. The van der Waals surface area contributed by atoms with E-state index in [0.717, 1.165) is 12.8 Å². The maximum atomic E-state index is 12.1. The summed E-state index contributed by atoms with van der Waals surface area (Å²) in [5, 5.41) is 2.96. The summed E-state index contributed by atoms with van der Waals surface area (Å²) in [5.41, 5.74) is 5.27. The Labute approximate surface area is 88.9 Å².